The average Bonchev–Trinajstić information content (AvgIpc) is 2.88. The van der Waals surface area contributed by atoms with Crippen molar-refractivity contribution in [2.24, 2.45) is 0 Å². The maximum absolute atomic E-state index is 10.4. The molecule has 0 saturated heterocycles. The third-order valence-corrected chi connectivity index (χ3v) is 5.19. The quantitative estimate of drug-likeness (QED) is 0.211. The number of aromatic carboxylic acids is 1. The maximum Gasteiger partial charge on any atom is 0.119 e. The number of carbonyl (C=O) groups excluding carboxylic acids is 1. The third-order valence-electron chi connectivity index (χ3n) is 5.19. The van der Waals surface area contributed by atoms with E-state index in [9.17, 15) is 9.90 Å². The number of ether oxygens (including phenoxy) is 2. The minimum absolute atomic E-state index is 0.144. The Hall–Kier alpha value is -3.53. The summed E-state index contributed by atoms with van der Waals surface area (Å²) < 4.78 is 11.0. The highest BCUT2D eigenvalue weighted by Gasteiger charge is 1.98. The predicted molar refractivity (Wildman–Crippen MR) is 137 cm³/mol. The molecule has 3 aromatic rings. The van der Waals surface area contributed by atoms with Crippen LogP contribution in [-0.2, 0) is 0 Å². The number of carboxylic acids is 1. The predicted octanol–water partition coefficient (Wildman–Crippen LogP) is 6.71. The summed E-state index contributed by atoms with van der Waals surface area (Å²) in [5, 5.41) is 10.4. The summed E-state index contributed by atoms with van der Waals surface area (Å²) in [7, 11) is 0. The molecule has 3 rings (SSSR count). The standard InChI is InChI=1S/C20H26O.C10H10O3/c1-2-3-4-5-6-10-17-21-20-15-13-19(14-16-20)18-11-8-7-9-12-18;1-2-7-13-9-5-3-8(4-6-9)10(11)12/h7-9,11-16H,2-6,10,17H2,1H3;2-6H,1,7H2,(H,11,12)/p-1. The van der Waals surface area contributed by atoms with E-state index in [0.717, 1.165) is 18.8 Å². The molecular weight excluding hydrogens is 424 g/mol. The molecular formula is C30H35O4-. The highest BCUT2D eigenvalue weighted by atomic mass is 16.5. The summed E-state index contributed by atoms with van der Waals surface area (Å²) >= 11 is 0. The molecule has 0 amide bonds. The monoisotopic (exact) mass is 459 g/mol. The first-order chi connectivity index (χ1) is 16.6. The van der Waals surface area contributed by atoms with Crippen LogP contribution in [0.4, 0.5) is 0 Å². The third kappa shape index (κ3) is 10.4. The van der Waals surface area contributed by atoms with Crippen LogP contribution in [-0.4, -0.2) is 19.2 Å². The van der Waals surface area contributed by atoms with Crippen LogP contribution in [0, 0.1) is 0 Å². The van der Waals surface area contributed by atoms with Gasteiger partial charge in [-0.3, -0.25) is 0 Å². The zero-order valence-electron chi connectivity index (χ0n) is 20.1. The van der Waals surface area contributed by atoms with E-state index in [1.54, 1.807) is 18.2 Å². The minimum atomic E-state index is -1.18. The average molecular weight is 460 g/mol. The van der Waals surface area contributed by atoms with Gasteiger partial charge in [0.2, 0.25) is 0 Å². The molecule has 4 nitrogen and oxygen atoms in total. The van der Waals surface area contributed by atoms with Crippen LogP contribution in [0.15, 0.2) is 91.5 Å². The van der Waals surface area contributed by atoms with Gasteiger partial charge in [-0.1, -0.05) is 94.1 Å². The Bertz CT molecular complexity index is 947. The summed E-state index contributed by atoms with van der Waals surface area (Å²) in [6, 6.07) is 24.9. The summed E-state index contributed by atoms with van der Waals surface area (Å²) in [5.41, 5.74) is 2.63. The summed E-state index contributed by atoms with van der Waals surface area (Å²) in [4.78, 5) is 10.4. The van der Waals surface area contributed by atoms with E-state index in [4.69, 9.17) is 9.47 Å². The fourth-order valence-electron chi connectivity index (χ4n) is 3.29. The van der Waals surface area contributed by atoms with Crippen molar-refractivity contribution in [3.8, 4) is 22.6 Å². The smallest absolute Gasteiger partial charge is 0.119 e. The fraction of sp³-hybridized carbons (Fsp3) is 0.300. The van der Waals surface area contributed by atoms with Gasteiger partial charge in [-0.15, -0.1) is 0 Å². The maximum atomic E-state index is 10.4. The number of rotatable bonds is 13. The number of unbranched alkanes of at least 4 members (excludes halogenated alkanes) is 5. The van der Waals surface area contributed by atoms with Gasteiger partial charge in [0.15, 0.2) is 0 Å². The Balaban J connectivity index is 0.000000270. The molecule has 4 heteroatoms. The molecule has 0 atom stereocenters. The largest absolute Gasteiger partial charge is 0.545 e. The fourth-order valence-corrected chi connectivity index (χ4v) is 3.29. The molecule has 34 heavy (non-hydrogen) atoms. The van der Waals surface area contributed by atoms with Crippen LogP contribution in [0.25, 0.3) is 11.1 Å². The molecule has 0 spiro atoms. The molecule has 0 aliphatic carbocycles. The van der Waals surface area contributed by atoms with Crippen LogP contribution < -0.4 is 14.6 Å². The molecule has 0 saturated carbocycles. The van der Waals surface area contributed by atoms with Crippen molar-refractivity contribution in [1.82, 2.24) is 0 Å². The molecule has 0 bridgehead atoms. The van der Waals surface area contributed by atoms with Crippen molar-refractivity contribution >= 4 is 5.97 Å². The van der Waals surface area contributed by atoms with Crippen molar-refractivity contribution < 1.29 is 19.4 Å². The first kappa shape index (κ1) is 26.7. The lowest BCUT2D eigenvalue weighted by molar-refractivity contribution is -0.255. The highest BCUT2D eigenvalue weighted by Crippen LogP contribution is 2.22. The van der Waals surface area contributed by atoms with Gasteiger partial charge in [0.1, 0.15) is 18.1 Å². The SMILES string of the molecule is C=CCOc1ccc(C(=O)[O-])cc1.CCCCCCCCOc1ccc(-c2ccccc2)cc1. The molecule has 0 N–H and O–H groups in total. The van der Waals surface area contributed by atoms with Crippen LogP contribution in [0.5, 0.6) is 11.5 Å². The zero-order valence-corrected chi connectivity index (χ0v) is 20.1. The molecule has 0 aromatic heterocycles. The van der Waals surface area contributed by atoms with Gasteiger partial charge in [-0.05, 0) is 59.5 Å². The second kappa shape index (κ2) is 16.1. The van der Waals surface area contributed by atoms with Gasteiger partial charge < -0.3 is 19.4 Å². The second-order valence-corrected chi connectivity index (χ2v) is 7.92. The summed E-state index contributed by atoms with van der Waals surface area (Å²) in [5.74, 6) is 0.406. The summed E-state index contributed by atoms with van der Waals surface area (Å²) in [6.45, 7) is 6.98. The van der Waals surface area contributed by atoms with Gasteiger partial charge in [-0.2, -0.15) is 0 Å². The number of carbonyl (C=O) groups is 1. The lowest BCUT2D eigenvalue weighted by Gasteiger charge is -2.07. The first-order valence-corrected chi connectivity index (χ1v) is 12.0. The Morgan fingerprint density at radius 2 is 1.32 bits per heavy atom. The molecule has 0 unspecified atom stereocenters. The number of hydrogen-bond acceptors (Lipinski definition) is 4. The van der Waals surface area contributed by atoms with E-state index in [0.29, 0.717) is 12.4 Å². The molecule has 3 aromatic carbocycles. The van der Waals surface area contributed by atoms with Gasteiger partial charge in [0, 0.05) is 0 Å². The summed E-state index contributed by atoms with van der Waals surface area (Å²) in [6.07, 6.45) is 9.43. The van der Waals surface area contributed by atoms with E-state index >= 15 is 0 Å². The molecule has 0 radical (unpaired) electrons. The number of carboxylic acid groups (broad SMARTS) is 1. The van der Waals surface area contributed by atoms with Crippen LogP contribution in [0.3, 0.4) is 0 Å². The first-order valence-electron chi connectivity index (χ1n) is 12.0. The van der Waals surface area contributed by atoms with Crippen molar-refractivity contribution in [1.29, 1.82) is 0 Å². The van der Waals surface area contributed by atoms with Crippen molar-refractivity contribution in [2.45, 2.75) is 45.4 Å². The van der Waals surface area contributed by atoms with Gasteiger partial charge >= 0.3 is 0 Å². The molecule has 0 aliphatic heterocycles. The van der Waals surface area contributed by atoms with Crippen molar-refractivity contribution in [2.75, 3.05) is 13.2 Å². The van der Waals surface area contributed by atoms with E-state index in [1.807, 2.05) is 6.07 Å². The lowest BCUT2D eigenvalue weighted by atomic mass is 10.1. The second-order valence-electron chi connectivity index (χ2n) is 7.92. The number of benzene rings is 3. The van der Waals surface area contributed by atoms with Gasteiger partial charge in [-0.25, -0.2) is 0 Å². The van der Waals surface area contributed by atoms with E-state index in [1.165, 1.54) is 55.4 Å². The van der Waals surface area contributed by atoms with E-state index < -0.39 is 5.97 Å². The van der Waals surface area contributed by atoms with Crippen molar-refractivity contribution in [3.05, 3.63) is 97.1 Å². The van der Waals surface area contributed by atoms with Crippen LogP contribution in [0.2, 0.25) is 0 Å². The van der Waals surface area contributed by atoms with Crippen molar-refractivity contribution in [3.63, 3.8) is 0 Å². The minimum Gasteiger partial charge on any atom is -0.545 e. The van der Waals surface area contributed by atoms with Gasteiger partial charge in [0.25, 0.3) is 0 Å². The van der Waals surface area contributed by atoms with Gasteiger partial charge in [0.05, 0.1) is 12.6 Å². The normalized spacial score (nSPS) is 10.0. The Morgan fingerprint density at radius 3 is 1.94 bits per heavy atom. The lowest BCUT2D eigenvalue weighted by Crippen LogP contribution is -2.21. The Labute approximate surface area is 203 Å². The molecule has 180 valence electrons. The van der Waals surface area contributed by atoms with E-state index in [-0.39, 0.29) is 5.56 Å². The zero-order chi connectivity index (χ0) is 24.4. The molecule has 0 heterocycles. The highest BCUT2D eigenvalue weighted by molar-refractivity contribution is 5.85. The Morgan fingerprint density at radius 1 is 0.765 bits per heavy atom. The van der Waals surface area contributed by atoms with Crippen LogP contribution in [0.1, 0.15) is 55.8 Å². The van der Waals surface area contributed by atoms with E-state index in [2.05, 4.69) is 62.0 Å². The topological polar surface area (TPSA) is 58.6 Å². The Kier molecular flexibility index (Phi) is 12.7. The molecule has 0 fully saturated rings. The molecule has 0 aliphatic rings. The van der Waals surface area contributed by atoms with Crippen LogP contribution >= 0.6 is 0 Å². The number of hydrogen-bond donors (Lipinski definition) is 0.